The fourth-order valence-corrected chi connectivity index (χ4v) is 6.61. The van der Waals surface area contributed by atoms with E-state index in [-0.39, 0.29) is 44.7 Å². The third kappa shape index (κ3) is 21.5. The van der Waals surface area contributed by atoms with Crippen LogP contribution in [0.25, 0.3) is 0 Å². The summed E-state index contributed by atoms with van der Waals surface area (Å²) in [6.07, 6.45) is 19.4. The number of ether oxygens (including phenoxy) is 1. The smallest absolute Gasteiger partial charge is 0.463 e. The number of phosphoric ester groups is 1. The minimum absolute atomic E-state index is 0.000796. The maximum atomic E-state index is 13.9. The van der Waals surface area contributed by atoms with Crippen LogP contribution in [0.1, 0.15) is 141 Å². The molecule has 8 nitrogen and oxygen atoms in total. The fraction of sp³-hybridized carbons (Fsp3) is 0.641. The van der Waals surface area contributed by atoms with Gasteiger partial charge in [-0.3, -0.25) is 23.2 Å². The lowest BCUT2D eigenvalue weighted by Gasteiger charge is -2.24. The first-order valence-corrected chi connectivity index (χ1v) is 20.0. The molecule has 9 heteroatoms. The van der Waals surface area contributed by atoms with E-state index in [9.17, 15) is 14.2 Å². The molecule has 2 aromatic carbocycles. The zero-order valence-electron chi connectivity index (χ0n) is 29.7. The molecule has 1 atom stereocenters. The van der Waals surface area contributed by atoms with Gasteiger partial charge in [-0.15, -0.1) is 0 Å². The van der Waals surface area contributed by atoms with Crippen LogP contribution < -0.4 is 5.32 Å². The molecular weight excluding hydrogens is 625 g/mol. The van der Waals surface area contributed by atoms with E-state index >= 15 is 0 Å². The molecule has 2 rings (SSSR count). The van der Waals surface area contributed by atoms with Crippen molar-refractivity contribution in [2.45, 2.75) is 149 Å². The van der Waals surface area contributed by atoms with Gasteiger partial charge in [-0.1, -0.05) is 164 Å². The van der Waals surface area contributed by atoms with Gasteiger partial charge in [0.15, 0.2) is 0 Å². The highest BCUT2D eigenvalue weighted by atomic mass is 31.2. The Morgan fingerprint density at radius 1 is 0.625 bits per heavy atom. The number of amides is 1. The molecule has 2 aromatic rings. The maximum Gasteiger partial charge on any atom is 0.475 e. The molecule has 0 fully saturated rings. The Hall–Kier alpha value is -2.51. The van der Waals surface area contributed by atoms with Crippen molar-refractivity contribution in [3.05, 3.63) is 71.8 Å². The van der Waals surface area contributed by atoms with Crippen molar-refractivity contribution >= 4 is 19.7 Å². The number of nitrogens with one attached hydrogen (secondary N) is 1. The number of phosphoric acid groups is 1. The Bertz CT molecular complexity index is 1080. The lowest BCUT2D eigenvalue weighted by molar-refractivity contribution is -0.146. The van der Waals surface area contributed by atoms with Crippen LogP contribution in [0, 0.1) is 0 Å². The molecule has 48 heavy (non-hydrogen) atoms. The number of carbonyl (C=O) groups is 2. The van der Waals surface area contributed by atoms with Gasteiger partial charge >= 0.3 is 13.8 Å². The average Bonchev–Trinajstić information content (AvgIpc) is 3.10. The lowest BCUT2D eigenvalue weighted by atomic mass is 10.0. The van der Waals surface area contributed by atoms with Crippen molar-refractivity contribution in [2.24, 2.45) is 0 Å². The number of rotatable bonds is 30. The topological polar surface area (TPSA) is 100 Å². The molecule has 0 aliphatic heterocycles. The van der Waals surface area contributed by atoms with Crippen LogP contribution in [0.3, 0.4) is 0 Å². The molecule has 0 aliphatic rings. The zero-order valence-corrected chi connectivity index (χ0v) is 30.6. The summed E-state index contributed by atoms with van der Waals surface area (Å²) in [5.74, 6) is -0.510. The fourth-order valence-electron chi connectivity index (χ4n) is 5.30. The van der Waals surface area contributed by atoms with Gasteiger partial charge in [0.25, 0.3) is 0 Å². The molecule has 270 valence electrons. The summed E-state index contributed by atoms with van der Waals surface area (Å²) in [6.45, 7) is 3.96. The third-order valence-corrected chi connectivity index (χ3v) is 9.61. The summed E-state index contributed by atoms with van der Waals surface area (Å²) in [5.41, 5.74) is 1.60. The highest BCUT2D eigenvalue weighted by Crippen LogP contribution is 2.52. The van der Waals surface area contributed by atoms with Crippen LogP contribution in [-0.4, -0.2) is 31.1 Å². The van der Waals surface area contributed by atoms with Gasteiger partial charge in [0.2, 0.25) is 5.91 Å². The third-order valence-electron chi connectivity index (χ3n) is 8.16. The second-order valence-electron chi connectivity index (χ2n) is 12.6. The van der Waals surface area contributed by atoms with Crippen LogP contribution in [0.15, 0.2) is 60.7 Å². The average molecular weight is 688 g/mol. The van der Waals surface area contributed by atoms with Crippen molar-refractivity contribution in [3.8, 4) is 0 Å². The quantitative estimate of drug-likeness (QED) is 0.0495. The number of hydrogen-bond donors (Lipinski definition) is 1. The summed E-state index contributed by atoms with van der Waals surface area (Å²) < 4.78 is 36.7. The Morgan fingerprint density at radius 3 is 1.54 bits per heavy atom. The predicted octanol–water partition coefficient (Wildman–Crippen LogP) is 10.6. The van der Waals surface area contributed by atoms with Crippen LogP contribution >= 0.6 is 7.82 Å². The Labute approximate surface area is 290 Å². The summed E-state index contributed by atoms with van der Waals surface area (Å²) >= 11 is 0. The Kier molecular flexibility index (Phi) is 23.7. The van der Waals surface area contributed by atoms with Gasteiger partial charge in [0.05, 0.1) is 13.2 Å². The van der Waals surface area contributed by atoms with Crippen LogP contribution in [0.4, 0.5) is 0 Å². The minimum atomic E-state index is -4.14. The predicted molar refractivity (Wildman–Crippen MR) is 193 cm³/mol. The second kappa shape index (κ2) is 27.3. The van der Waals surface area contributed by atoms with Crippen molar-refractivity contribution in [1.29, 1.82) is 0 Å². The summed E-state index contributed by atoms with van der Waals surface area (Å²) in [6, 6.07) is 18.6. The summed E-state index contributed by atoms with van der Waals surface area (Å²) in [7, 11) is -4.14. The molecule has 0 saturated heterocycles. The first kappa shape index (κ1) is 41.7. The van der Waals surface area contributed by atoms with Crippen molar-refractivity contribution in [2.75, 3.05) is 13.2 Å². The molecule has 1 amide bonds. The largest absolute Gasteiger partial charge is 0.475 e. The number of hydrogen-bond acceptors (Lipinski definition) is 7. The second-order valence-corrected chi connectivity index (χ2v) is 14.3. The molecule has 0 radical (unpaired) electrons. The normalized spacial score (nSPS) is 12.1. The molecule has 1 N–H and O–H groups in total. The van der Waals surface area contributed by atoms with E-state index in [1.165, 1.54) is 77.0 Å². The van der Waals surface area contributed by atoms with Crippen LogP contribution in [0.5, 0.6) is 0 Å². The van der Waals surface area contributed by atoms with E-state index in [2.05, 4.69) is 12.2 Å². The van der Waals surface area contributed by atoms with E-state index in [0.29, 0.717) is 12.8 Å². The zero-order chi connectivity index (χ0) is 34.5. The van der Waals surface area contributed by atoms with Crippen molar-refractivity contribution in [3.63, 3.8) is 0 Å². The molecule has 0 saturated carbocycles. The van der Waals surface area contributed by atoms with Crippen LogP contribution in [0.2, 0.25) is 0 Å². The first-order chi connectivity index (χ1) is 23.4. The van der Waals surface area contributed by atoms with Gasteiger partial charge in [-0.2, -0.15) is 0 Å². The first-order valence-electron chi connectivity index (χ1n) is 18.5. The van der Waals surface area contributed by atoms with Crippen LogP contribution in [-0.2, 0) is 45.7 Å². The molecule has 0 aliphatic carbocycles. The Balaban J connectivity index is 1.77. The lowest BCUT2D eigenvalue weighted by Crippen LogP contribution is -2.36. The molecule has 0 heterocycles. The molecule has 0 spiro atoms. The molecule has 0 unspecified atom stereocenters. The van der Waals surface area contributed by atoms with E-state index in [1.54, 1.807) is 0 Å². The van der Waals surface area contributed by atoms with Gasteiger partial charge in [-0.05, 0) is 24.0 Å². The maximum absolute atomic E-state index is 13.9. The van der Waals surface area contributed by atoms with E-state index in [0.717, 1.165) is 30.4 Å². The van der Waals surface area contributed by atoms with Crippen molar-refractivity contribution in [1.82, 2.24) is 5.32 Å². The van der Waals surface area contributed by atoms with Gasteiger partial charge in [-0.25, -0.2) is 4.57 Å². The standard InChI is InChI=1S/C39H62NO7P/c1-3-5-6-7-8-9-10-11-12-13-14-15-16-17-24-30-38(41)40-31-37(34-44-39(42)25-4-2)47-48(43,45-32-35-26-20-18-21-27-35)46-33-36-28-22-19-23-29-36/h18-23,26-29,37H,3-17,24-25,30-34H2,1-2H3,(H,40,41)/t37-/m0/s1. The monoisotopic (exact) mass is 687 g/mol. The highest BCUT2D eigenvalue weighted by molar-refractivity contribution is 7.48. The van der Waals surface area contributed by atoms with E-state index < -0.39 is 13.9 Å². The van der Waals surface area contributed by atoms with E-state index in [1.807, 2.05) is 67.6 Å². The summed E-state index contributed by atoms with van der Waals surface area (Å²) in [4.78, 5) is 24.8. The van der Waals surface area contributed by atoms with Gasteiger partial charge in [0.1, 0.15) is 12.7 Å². The number of unbranched alkanes of at least 4 members (excludes halogenated alkanes) is 14. The molecule has 0 aromatic heterocycles. The minimum Gasteiger partial charge on any atom is -0.463 e. The van der Waals surface area contributed by atoms with Gasteiger partial charge in [0, 0.05) is 19.4 Å². The summed E-state index contributed by atoms with van der Waals surface area (Å²) in [5, 5.41) is 2.87. The van der Waals surface area contributed by atoms with Gasteiger partial charge < -0.3 is 10.1 Å². The molecular formula is C39H62NO7P. The van der Waals surface area contributed by atoms with Crippen molar-refractivity contribution < 1.29 is 32.5 Å². The number of carbonyl (C=O) groups excluding carboxylic acids is 2. The van der Waals surface area contributed by atoms with E-state index in [4.69, 9.17) is 18.3 Å². The Morgan fingerprint density at radius 2 is 1.08 bits per heavy atom. The number of benzene rings is 2. The highest BCUT2D eigenvalue weighted by Gasteiger charge is 2.32. The molecule has 0 bridgehead atoms. The number of esters is 1. The SMILES string of the molecule is CCCCCCCCCCCCCCCCCC(=O)NC[C@@H](COC(=O)CCC)OP(=O)(OCc1ccccc1)OCc1ccccc1.